The SMILES string of the molecule is NCCCCC[SiH3]. The van der Waals surface area contributed by atoms with E-state index >= 15 is 0 Å². The molecule has 0 spiro atoms. The van der Waals surface area contributed by atoms with E-state index in [1.807, 2.05) is 0 Å². The first-order valence-electron chi connectivity index (χ1n) is 3.12. The highest BCUT2D eigenvalue weighted by Gasteiger charge is 1.80. The van der Waals surface area contributed by atoms with Crippen molar-refractivity contribution in [1.82, 2.24) is 0 Å². The van der Waals surface area contributed by atoms with E-state index in [9.17, 15) is 0 Å². The monoisotopic (exact) mass is 117 g/mol. The van der Waals surface area contributed by atoms with Crippen LogP contribution in [0.5, 0.6) is 0 Å². The molecule has 0 saturated carbocycles. The second-order valence-electron chi connectivity index (χ2n) is 1.85. The summed E-state index contributed by atoms with van der Waals surface area (Å²) in [4.78, 5) is 0. The molecule has 0 radical (unpaired) electrons. The van der Waals surface area contributed by atoms with Crippen LogP contribution < -0.4 is 5.73 Å². The molecule has 0 aliphatic heterocycles. The summed E-state index contributed by atoms with van der Waals surface area (Å²) in [6.07, 6.45) is 3.98. The normalized spacial score (nSPS) is 9.86. The predicted molar refractivity (Wildman–Crippen MR) is 37.7 cm³/mol. The van der Waals surface area contributed by atoms with Gasteiger partial charge in [-0.25, -0.2) is 0 Å². The van der Waals surface area contributed by atoms with E-state index in [-0.39, 0.29) is 0 Å². The standard InChI is InChI=1S/C5H15NSi/c6-4-2-1-3-5-7/h1-6H2,7H3. The van der Waals surface area contributed by atoms with Crippen molar-refractivity contribution < 1.29 is 0 Å². The van der Waals surface area contributed by atoms with Gasteiger partial charge in [-0.15, -0.1) is 0 Å². The van der Waals surface area contributed by atoms with E-state index in [1.165, 1.54) is 35.5 Å². The molecule has 44 valence electrons. The highest BCUT2D eigenvalue weighted by atomic mass is 28.1. The summed E-state index contributed by atoms with van der Waals surface area (Å²) in [6, 6.07) is 1.44. The van der Waals surface area contributed by atoms with E-state index in [0.29, 0.717) is 0 Å². The number of nitrogens with two attached hydrogens (primary N) is 1. The lowest BCUT2D eigenvalue weighted by atomic mass is 10.2. The highest BCUT2D eigenvalue weighted by molar-refractivity contribution is 6.08. The molecule has 2 heteroatoms. The van der Waals surface area contributed by atoms with Crippen molar-refractivity contribution in [1.29, 1.82) is 0 Å². The summed E-state index contributed by atoms with van der Waals surface area (Å²) >= 11 is 0. The van der Waals surface area contributed by atoms with Crippen LogP contribution in [0.4, 0.5) is 0 Å². The molecular weight excluding hydrogens is 102 g/mol. The van der Waals surface area contributed by atoms with Crippen molar-refractivity contribution in [2.45, 2.75) is 25.3 Å². The van der Waals surface area contributed by atoms with Gasteiger partial charge in [0.2, 0.25) is 0 Å². The van der Waals surface area contributed by atoms with Crippen LogP contribution in [0.1, 0.15) is 19.3 Å². The smallest absolute Gasteiger partial charge is 0.00279 e. The van der Waals surface area contributed by atoms with Crippen molar-refractivity contribution in [3.63, 3.8) is 0 Å². The number of hydrogen-bond donors (Lipinski definition) is 1. The molecular formula is C5H15NSi. The Kier molecular flexibility index (Phi) is 6.33. The Bertz CT molecular complexity index is 27.3. The Balaban J connectivity index is 2.45. The second-order valence-corrected chi connectivity index (χ2v) is 2.85. The minimum atomic E-state index is 0.877. The number of hydrogen-bond acceptors (Lipinski definition) is 1. The Morgan fingerprint density at radius 3 is 2.29 bits per heavy atom. The second kappa shape index (κ2) is 6.18. The van der Waals surface area contributed by atoms with Crippen molar-refractivity contribution in [3.8, 4) is 0 Å². The maximum atomic E-state index is 5.28. The third kappa shape index (κ3) is 6.18. The van der Waals surface area contributed by atoms with Crippen LogP contribution in [0.2, 0.25) is 6.04 Å². The highest BCUT2D eigenvalue weighted by Crippen LogP contribution is 1.94. The first-order chi connectivity index (χ1) is 3.41. The molecule has 0 rings (SSSR count). The van der Waals surface area contributed by atoms with Crippen LogP contribution in [-0.4, -0.2) is 16.8 Å². The van der Waals surface area contributed by atoms with Gasteiger partial charge >= 0.3 is 0 Å². The van der Waals surface area contributed by atoms with Crippen molar-refractivity contribution in [2.24, 2.45) is 5.73 Å². The van der Waals surface area contributed by atoms with Crippen LogP contribution in [0.15, 0.2) is 0 Å². The largest absolute Gasteiger partial charge is 0.330 e. The van der Waals surface area contributed by atoms with Crippen molar-refractivity contribution in [3.05, 3.63) is 0 Å². The molecule has 0 aromatic rings. The van der Waals surface area contributed by atoms with E-state index in [4.69, 9.17) is 5.73 Å². The third-order valence-corrected chi connectivity index (χ3v) is 1.76. The van der Waals surface area contributed by atoms with Crippen LogP contribution in [0.3, 0.4) is 0 Å². The molecule has 0 aliphatic carbocycles. The van der Waals surface area contributed by atoms with Gasteiger partial charge in [0.05, 0.1) is 0 Å². The van der Waals surface area contributed by atoms with Crippen molar-refractivity contribution in [2.75, 3.05) is 6.54 Å². The topological polar surface area (TPSA) is 26.0 Å². The number of rotatable bonds is 4. The predicted octanol–water partition coefficient (Wildman–Crippen LogP) is -0.101. The summed E-state index contributed by atoms with van der Waals surface area (Å²) in [7, 11) is 1.36. The van der Waals surface area contributed by atoms with E-state index in [0.717, 1.165) is 6.54 Å². The zero-order valence-corrected chi connectivity index (χ0v) is 7.11. The maximum Gasteiger partial charge on any atom is 0.00279 e. The van der Waals surface area contributed by atoms with Gasteiger partial charge in [0.25, 0.3) is 0 Å². The summed E-state index contributed by atoms with van der Waals surface area (Å²) in [5, 5.41) is 0. The van der Waals surface area contributed by atoms with Gasteiger partial charge in [-0.05, 0) is 13.0 Å². The van der Waals surface area contributed by atoms with Gasteiger partial charge in [-0.3, -0.25) is 0 Å². The molecule has 0 fully saturated rings. The molecule has 0 saturated heterocycles. The fourth-order valence-corrected chi connectivity index (χ4v) is 1.07. The van der Waals surface area contributed by atoms with Gasteiger partial charge in [-0.2, -0.15) is 0 Å². The molecule has 7 heavy (non-hydrogen) atoms. The summed E-state index contributed by atoms with van der Waals surface area (Å²) < 4.78 is 0. The zero-order chi connectivity index (χ0) is 5.54. The van der Waals surface area contributed by atoms with Gasteiger partial charge in [0.1, 0.15) is 0 Å². The van der Waals surface area contributed by atoms with E-state index in [1.54, 1.807) is 0 Å². The molecule has 0 unspecified atom stereocenters. The first-order valence-corrected chi connectivity index (χ1v) is 4.53. The van der Waals surface area contributed by atoms with E-state index in [2.05, 4.69) is 0 Å². The van der Waals surface area contributed by atoms with Crippen LogP contribution in [0.25, 0.3) is 0 Å². The molecule has 0 heterocycles. The van der Waals surface area contributed by atoms with Crippen LogP contribution in [0, 0.1) is 0 Å². The van der Waals surface area contributed by atoms with Gasteiger partial charge in [0, 0.05) is 10.2 Å². The van der Waals surface area contributed by atoms with Crippen LogP contribution in [-0.2, 0) is 0 Å². The fraction of sp³-hybridized carbons (Fsp3) is 1.00. The molecule has 0 aromatic carbocycles. The first kappa shape index (κ1) is 7.18. The molecule has 0 bridgehead atoms. The van der Waals surface area contributed by atoms with Gasteiger partial charge in [0.15, 0.2) is 0 Å². The minimum Gasteiger partial charge on any atom is -0.330 e. The lowest BCUT2D eigenvalue weighted by molar-refractivity contribution is 0.727. The zero-order valence-electron chi connectivity index (χ0n) is 5.11. The molecule has 2 N–H and O–H groups in total. The lowest BCUT2D eigenvalue weighted by Gasteiger charge is -1.90. The average Bonchev–Trinajstić information content (AvgIpc) is 1.69. The molecule has 0 aliphatic rings. The Hall–Kier alpha value is 0.177. The van der Waals surface area contributed by atoms with Crippen LogP contribution >= 0.6 is 0 Å². The summed E-state index contributed by atoms with van der Waals surface area (Å²) in [5.74, 6) is 0. The molecule has 0 amide bonds. The van der Waals surface area contributed by atoms with Crippen molar-refractivity contribution >= 4 is 10.2 Å². The third-order valence-electron chi connectivity index (χ3n) is 1.06. The summed E-state index contributed by atoms with van der Waals surface area (Å²) in [5.41, 5.74) is 5.28. The quantitative estimate of drug-likeness (QED) is 0.404. The Labute approximate surface area is 48.7 Å². The van der Waals surface area contributed by atoms with E-state index < -0.39 is 0 Å². The average molecular weight is 117 g/mol. The molecule has 1 nitrogen and oxygen atoms in total. The maximum absolute atomic E-state index is 5.28. The minimum absolute atomic E-state index is 0.877. The number of unbranched alkanes of at least 4 members (excludes halogenated alkanes) is 2. The summed E-state index contributed by atoms with van der Waals surface area (Å²) in [6.45, 7) is 0.877. The molecule has 0 atom stereocenters. The Morgan fingerprint density at radius 2 is 1.86 bits per heavy atom. The van der Waals surface area contributed by atoms with Gasteiger partial charge < -0.3 is 5.73 Å². The van der Waals surface area contributed by atoms with Gasteiger partial charge in [-0.1, -0.05) is 18.9 Å². The molecule has 0 aromatic heterocycles. The Morgan fingerprint density at radius 1 is 1.14 bits per heavy atom. The lowest BCUT2D eigenvalue weighted by Crippen LogP contribution is -1.97. The fourth-order valence-electron chi connectivity index (χ4n) is 0.571.